The third-order valence-electron chi connectivity index (χ3n) is 8.25. The van der Waals surface area contributed by atoms with Crippen LogP contribution in [0.15, 0.2) is 158 Å². The molecule has 0 spiro atoms. The van der Waals surface area contributed by atoms with E-state index in [9.17, 15) is 0 Å². The highest BCUT2D eigenvalue weighted by Gasteiger charge is 2.18. The Morgan fingerprint density at radius 1 is 0.250 bits per heavy atom. The van der Waals surface area contributed by atoms with Crippen molar-refractivity contribution in [3.8, 4) is 33.4 Å². The molecule has 186 valence electrons. The maximum atomic E-state index is 2.39. The molecule has 40 heavy (non-hydrogen) atoms. The van der Waals surface area contributed by atoms with Gasteiger partial charge in [-0.3, -0.25) is 0 Å². The number of hydrogen-bond acceptors (Lipinski definition) is 0. The minimum absolute atomic E-state index is 1.24. The Morgan fingerprint density at radius 2 is 0.750 bits per heavy atom. The van der Waals surface area contributed by atoms with Crippen molar-refractivity contribution < 1.29 is 0 Å². The van der Waals surface area contributed by atoms with Gasteiger partial charge in [0, 0.05) is 0 Å². The molecule has 0 unspecified atom stereocenters. The lowest BCUT2D eigenvalue weighted by Crippen LogP contribution is -1.92. The molecule has 0 bridgehead atoms. The molecule has 0 aromatic heterocycles. The molecule has 8 aromatic rings. The van der Waals surface area contributed by atoms with Gasteiger partial charge in [-0.25, -0.2) is 0 Å². The smallest absolute Gasteiger partial charge is 0.00201 e. The summed E-state index contributed by atoms with van der Waals surface area (Å²) >= 11 is 0. The lowest BCUT2D eigenvalue weighted by atomic mass is 9.84. The van der Waals surface area contributed by atoms with Gasteiger partial charge in [0.2, 0.25) is 0 Å². The van der Waals surface area contributed by atoms with E-state index in [0.717, 1.165) is 0 Å². The molecule has 0 aliphatic heterocycles. The quantitative estimate of drug-likeness (QED) is 0.209. The monoisotopic (exact) mass is 506 g/mol. The first-order chi connectivity index (χ1) is 19.9. The molecule has 0 saturated carbocycles. The van der Waals surface area contributed by atoms with Crippen LogP contribution in [0.5, 0.6) is 0 Å². The van der Waals surface area contributed by atoms with Crippen molar-refractivity contribution in [2.75, 3.05) is 0 Å². The number of hydrogen-bond donors (Lipinski definition) is 0. The molecular formula is C40H26. The molecule has 0 nitrogen and oxygen atoms in total. The predicted octanol–water partition coefficient (Wildman–Crippen LogP) is 11.3. The molecule has 8 aromatic carbocycles. The molecule has 0 atom stereocenters. The minimum atomic E-state index is 1.24. The highest BCUT2D eigenvalue weighted by atomic mass is 14.2. The summed E-state index contributed by atoms with van der Waals surface area (Å²) in [5, 5.41) is 10.2. The summed E-state index contributed by atoms with van der Waals surface area (Å²) in [6, 6.07) is 57.5. The SMILES string of the molecule is c1ccc(-c2cccc3ccc(-c4c5ccccc5c(-c5cccc6ccccc56)c5ccccc45)cc23)cc1. The minimum Gasteiger partial charge on any atom is -0.0622 e. The Bertz CT molecular complexity index is 2140. The lowest BCUT2D eigenvalue weighted by Gasteiger charge is -2.19. The van der Waals surface area contributed by atoms with Crippen LogP contribution in [0.2, 0.25) is 0 Å². The van der Waals surface area contributed by atoms with Crippen LogP contribution in [-0.2, 0) is 0 Å². The van der Waals surface area contributed by atoms with Crippen molar-refractivity contribution in [1.29, 1.82) is 0 Å². The summed E-state index contributed by atoms with van der Waals surface area (Å²) in [5.41, 5.74) is 7.62. The van der Waals surface area contributed by atoms with Gasteiger partial charge in [0.05, 0.1) is 0 Å². The van der Waals surface area contributed by atoms with Crippen molar-refractivity contribution in [1.82, 2.24) is 0 Å². The Morgan fingerprint density at radius 3 is 1.43 bits per heavy atom. The average Bonchev–Trinajstić information content (AvgIpc) is 3.03. The number of benzene rings is 8. The first-order valence-electron chi connectivity index (χ1n) is 13.9. The fourth-order valence-electron chi connectivity index (χ4n) is 6.47. The molecule has 0 heteroatoms. The van der Waals surface area contributed by atoms with Crippen LogP contribution in [0, 0.1) is 0 Å². The van der Waals surface area contributed by atoms with Crippen molar-refractivity contribution in [3.05, 3.63) is 158 Å². The van der Waals surface area contributed by atoms with Crippen molar-refractivity contribution in [3.63, 3.8) is 0 Å². The molecule has 0 N–H and O–H groups in total. The van der Waals surface area contributed by atoms with E-state index in [1.54, 1.807) is 0 Å². The summed E-state index contributed by atoms with van der Waals surface area (Å²) in [5.74, 6) is 0. The van der Waals surface area contributed by atoms with Crippen LogP contribution in [0.3, 0.4) is 0 Å². The molecule has 0 fully saturated rings. The highest BCUT2D eigenvalue weighted by Crippen LogP contribution is 2.46. The molecule has 0 saturated heterocycles. The Labute approximate surface area is 233 Å². The number of rotatable bonds is 3. The molecule has 8 rings (SSSR count). The average molecular weight is 507 g/mol. The van der Waals surface area contributed by atoms with Gasteiger partial charge in [-0.05, 0) is 82.5 Å². The van der Waals surface area contributed by atoms with Crippen LogP contribution in [0.4, 0.5) is 0 Å². The Hall–Kier alpha value is -5.20. The molecule has 0 heterocycles. The van der Waals surface area contributed by atoms with E-state index in [2.05, 4.69) is 158 Å². The topological polar surface area (TPSA) is 0 Å². The molecule has 0 radical (unpaired) electrons. The van der Waals surface area contributed by atoms with Crippen molar-refractivity contribution in [2.45, 2.75) is 0 Å². The standard InChI is InChI=1S/C40H26/c1-2-12-27(13-3-1)32-22-10-16-29-24-25-30(26-38(29)32)39-34-18-6-8-20-36(34)40(37-21-9-7-19-35(37)39)33-23-11-15-28-14-4-5-17-31(28)33/h1-26H. The van der Waals surface area contributed by atoms with E-state index in [1.165, 1.54) is 76.5 Å². The van der Waals surface area contributed by atoms with E-state index in [-0.39, 0.29) is 0 Å². The van der Waals surface area contributed by atoms with Crippen molar-refractivity contribution in [2.24, 2.45) is 0 Å². The zero-order valence-corrected chi connectivity index (χ0v) is 22.0. The van der Waals surface area contributed by atoms with E-state index < -0.39 is 0 Å². The van der Waals surface area contributed by atoms with Gasteiger partial charge >= 0.3 is 0 Å². The molecule has 0 aliphatic carbocycles. The van der Waals surface area contributed by atoms with Crippen LogP contribution >= 0.6 is 0 Å². The predicted molar refractivity (Wildman–Crippen MR) is 173 cm³/mol. The maximum absolute atomic E-state index is 2.39. The van der Waals surface area contributed by atoms with Crippen molar-refractivity contribution >= 4 is 43.1 Å². The van der Waals surface area contributed by atoms with E-state index >= 15 is 0 Å². The van der Waals surface area contributed by atoms with Crippen LogP contribution in [0.1, 0.15) is 0 Å². The summed E-state index contributed by atoms with van der Waals surface area (Å²) in [7, 11) is 0. The Balaban J connectivity index is 1.48. The fourth-order valence-corrected chi connectivity index (χ4v) is 6.47. The first-order valence-corrected chi connectivity index (χ1v) is 13.9. The third kappa shape index (κ3) is 3.54. The lowest BCUT2D eigenvalue weighted by molar-refractivity contribution is 1.64. The maximum Gasteiger partial charge on any atom is -0.00201 e. The zero-order chi connectivity index (χ0) is 26.5. The second-order valence-corrected chi connectivity index (χ2v) is 10.5. The van der Waals surface area contributed by atoms with Gasteiger partial charge < -0.3 is 0 Å². The molecular weight excluding hydrogens is 480 g/mol. The van der Waals surface area contributed by atoms with Crippen LogP contribution in [-0.4, -0.2) is 0 Å². The largest absolute Gasteiger partial charge is 0.0622 e. The van der Waals surface area contributed by atoms with Gasteiger partial charge in [0.25, 0.3) is 0 Å². The van der Waals surface area contributed by atoms with Gasteiger partial charge in [0.15, 0.2) is 0 Å². The highest BCUT2D eigenvalue weighted by molar-refractivity contribution is 6.23. The second-order valence-electron chi connectivity index (χ2n) is 10.5. The van der Waals surface area contributed by atoms with Gasteiger partial charge in [0.1, 0.15) is 0 Å². The first kappa shape index (κ1) is 22.8. The Kier molecular flexibility index (Phi) is 5.24. The number of fused-ring (bicyclic) bond motifs is 4. The second kappa shape index (κ2) is 9.22. The van der Waals surface area contributed by atoms with Gasteiger partial charge in [-0.2, -0.15) is 0 Å². The third-order valence-corrected chi connectivity index (χ3v) is 8.25. The summed E-state index contributed by atoms with van der Waals surface area (Å²) in [4.78, 5) is 0. The molecule has 0 aliphatic rings. The summed E-state index contributed by atoms with van der Waals surface area (Å²) in [6.07, 6.45) is 0. The van der Waals surface area contributed by atoms with E-state index in [1.807, 2.05) is 0 Å². The van der Waals surface area contributed by atoms with Gasteiger partial charge in [-0.15, -0.1) is 0 Å². The normalized spacial score (nSPS) is 11.5. The van der Waals surface area contributed by atoms with Gasteiger partial charge in [-0.1, -0.05) is 152 Å². The summed E-state index contributed by atoms with van der Waals surface area (Å²) < 4.78 is 0. The molecule has 0 amide bonds. The fraction of sp³-hybridized carbons (Fsp3) is 0. The van der Waals surface area contributed by atoms with E-state index in [0.29, 0.717) is 0 Å². The zero-order valence-electron chi connectivity index (χ0n) is 22.0. The van der Waals surface area contributed by atoms with Crippen LogP contribution in [0.25, 0.3) is 76.5 Å². The van der Waals surface area contributed by atoms with E-state index in [4.69, 9.17) is 0 Å². The van der Waals surface area contributed by atoms with Crippen LogP contribution < -0.4 is 0 Å². The summed E-state index contributed by atoms with van der Waals surface area (Å²) in [6.45, 7) is 0.